The molecule has 0 fully saturated rings. The molecule has 0 amide bonds. The van der Waals surface area contributed by atoms with Gasteiger partial charge >= 0.3 is 0 Å². The molecule has 2 N–H and O–H groups in total. The molecular weight excluding hydrogens is 356 g/mol. The predicted molar refractivity (Wildman–Crippen MR) is 84.6 cm³/mol. The number of rotatable bonds is 4. The molecule has 2 aromatic rings. The number of nitrogens with zero attached hydrogens (tertiary/aromatic N) is 1. The van der Waals surface area contributed by atoms with Crippen molar-refractivity contribution in [2.24, 2.45) is 0 Å². The molecule has 0 aliphatic heterocycles. The summed E-state index contributed by atoms with van der Waals surface area (Å²) in [5, 5.41) is 8.86. The van der Waals surface area contributed by atoms with Crippen LogP contribution in [0.5, 0.6) is 0 Å². The van der Waals surface area contributed by atoms with E-state index in [4.69, 9.17) is 5.11 Å². The van der Waals surface area contributed by atoms with Gasteiger partial charge < -0.3 is 5.11 Å². The summed E-state index contributed by atoms with van der Waals surface area (Å²) in [7, 11) is -3.74. The maximum Gasteiger partial charge on any atom is 0.279 e. The van der Waals surface area contributed by atoms with Crippen LogP contribution in [-0.2, 0) is 16.6 Å². The number of aliphatic hydroxyl groups excluding tert-OH is 1. The molecule has 112 valence electrons. The van der Waals surface area contributed by atoms with Crippen LogP contribution in [0.15, 0.2) is 40.0 Å². The molecule has 0 radical (unpaired) electrons. The van der Waals surface area contributed by atoms with E-state index in [1.54, 1.807) is 12.1 Å². The zero-order valence-corrected chi connectivity index (χ0v) is 14.0. The Bertz CT molecular complexity index is 735. The number of aromatic nitrogens is 1. The van der Waals surface area contributed by atoms with Crippen LogP contribution in [0.3, 0.4) is 0 Å². The van der Waals surface area contributed by atoms with Gasteiger partial charge in [-0.1, -0.05) is 22.0 Å². The van der Waals surface area contributed by atoms with Crippen LogP contribution in [0.1, 0.15) is 16.7 Å². The molecule has 0 aliphatic rings. The summed E-state index contributed by atoms with van der Waals surface area (Å²) in [4.78, 5) is 3.86. The van der Waals surface area contributed by atoms with Gasteiger partial charge in [-0.15, -0.1) is 0 Å². The van der Waals surface area contributed by atoms with Gasteiger partial charge in [-0.3, -0.25) is 4.72 Å². The smallest absolute Gasteiger partial charge is 0.279 e. The molecule has 1 aromatic heterocycles. The van der Waals surface area contributed by atoms with Crippen LogP contribution in [0.2, 0.25) is 0 Å². The fraction of sp³-hybridized carbons (Fsp3) is 0.214. The van der Waals surface area contributed by atoms with Crippen LogP contribution < -0.4 is 4.72 Å². The van der Waals surface area contributed by atoms with Crippen LogP contribution in [-0.4, -0.2) is 18.5 Å². The molecule has 1 heterocycles. The van der Waals surface area contributed by atoms with Crippen molar-refractivity contribution in [1.82, 2.24) is 4.98 Å². The zero-order chi connectivity index (χ0) is 15.6. The van der Waals surface area contributed by atoms with E-state index in [9.17, 15) is 8.42 Å². The highest BCUT2D eigenvalue weighted by Gasteiger charge is 2.16. The lowest BCUT2D eigenvalue weighted by molar-refractivity contribution is 0.281. The molecule has 0 aliphatic carbocycles. The first-order chi connectivity index (χ1) is 9.83. The number of hydrogen-bond acceptors (Lipinski definition) is 4. The van der Waals surface area contributed by atoms with Gasteiger partial charge in [0.2, 0.25) is 0 Å². The Balaban J connectivity index is 2.32. The summed E-state index contributed by atoms with van der Waals surface area (Å²) in [6.07, 6.45) is 1.34. The van der Waals surface area contributed by atoms with Crippen molar-refractivity contribution in [2.45, 2.75) is 25.5 Å². The van der Waals surface area contributed by atoms with E-state index in [1.165, 1.54) is 18.3 Å². The number of nitrogens with one attached hydrogen (secondary N) is 1. The molecule has 0 bridgehead atoms. The second-order valence-corrected chi connectivity index (χ2v) is 7.11. The minimum atomic E-state index is -3.74. The van der Waals surface area contributed by atoms with Gasteiger partial charge in [0.1, 0.15) is 0 Å². The topological polar surface area (TPSA) is 79.3 Å². The summed E-state index contributed by atoms with van der Waals surface area (Å²) in [5.41, 5.74) is 2.93. The molecule has 0 atom stereocenters. The number of benzene rings is 1. The minimum Gasteiger partial charge on any atom is -0.392 e. The lowest BCUT2D eigenvalue weighted by Gasteiger charge is -2.11. The highest BCUT2D eigenvalue weighted by atomic mass is 79.9. The Morgan fingerprint density at radius 3 is 2.33 bits per heavy atom. The van der Waals surface area contributed by atoms with E-state index in [2.05, 4.69) is 25.6 Å². The second kappa shape index (κ2) is 6.13. The normalized spacial score (nSPS) is 11.4. The van der Waals surface area contributed by atoms with Crippen molar-refractivity contribution in [3.8, 4) is 0 Å². The fourth-order valence-corrected chi connectivity index (χ4v) is 3.08. The number of pyridine rings is 1. The van der Waals surface area contributed by atoms with E-state index < -0.39 is 10.0 Å². The van der Waals surface area contributed by atoms with Crippen LogP contribution in [0, 0.1) is 13.8 Å². The van der Waals surface area contributed by atoms with Crippen LogP contribution in [0.25, 0.3) is 0 Å². The Labute approximate surface area is 132 Å². The van der Waals surface area contributed by atoms with Gasteiger partial charge in [0.05, 0.1) is 6.61 Å². The van der Waals surface area contributed by atoms with E-state index in [1.807, 2.05) is 13.8 Å². The van der Waals surface area contributed by atoms with Gasteiger partial charge in [0, 0.05) is 16.4 Å². The quantitative estimate of drug-likeness (QED) is 0.866. The first-order valence-corrected chi connectivity index (χ1v) is 8.46. The van der Waals surface area contributed by atoms with Crippen molar-refractivity contribution >= 4 is 31.6 Å². The summed E-state index contributed by atoms with van der Waals surface area (Å²) in [5.74, 6) is 0. The summed E-state index contributed by atoms with van der Waals surface area (Å²) in [6.45, 7) is 3.61. The van der Waals surface area contributed by atoms with Gasteiger partial charge in [0.25, 0.3) is 10.0 Å². The van der Waals surface area contributed by atoms with Crippen molar-refractivity contribution in [3.63, 3.8) is 0 Å². The molecule has 0 unspecified atom stereocenters. The van der Waals surface area contributed by atoms with E-state index in [0.29, 0.717) is 11.3 Å². The molecule has 2 rings (SSSR count). The van der Waals surface area contributed by atoms with E-state index >= 15 is 0 Å². The van der Waals surface area contributed by atoms with Gasteiger partial charge in [-0.2, -0.15) is 8.42 Å². The second-order valence-electron chi connectivity index (χ2n) is 4.69. The number of sulfonamides is 1. The SMILES string of the molecule is Cc1cc(NS(=O)(=O)c2ccc(CO)cn2)cc(C)c1Br. The average Bonchev–Trinajstić information content (AvgIpc) is 2.44. The maximum absolute atomic E-state index is 12.3. The third-order valence-corrected chi connectivity index (χ3v) is 5.49. The Morgan fingerprint density at radius 1 is 1.24 bits per heavy atom. The lowest BCUT2D eigenvalue weighted by atomic mass is 10.1. The largest absolute Gasteiger partial charge is 0.392 e. The monoisotopic (exact) mass is 370 g/mol. The lowest BCUT2D eigenvalue weighted by Crippen LogP contribution is -2.14. The molecule has 1 aromatic carbocycles. The number of aliphatic hydroxyl groups is 1. The maximum atomic E-state index is 12.3. The minimum absolute atomic E-state index is 0.0853. The molecule has 5 nitrogen and oxygen atoms in total. The molecule has 21 heavy (non-hydrogen) atoms. The molecule has 7 heteroatoms. The van der Waals surface area contributed by atoms with Crippen molar-refractivity contribution < 1.29 is 13.5 Å². The average molecular weight is 371 g/mol. The first kappa shape index (κ1) is 15.9. The van der Waals surface area contributed by atoms with Crippen LogP contribution in [0.4, 0.5) is 5.69 Å². The zero-order valence-electron chi connectivity index (χ0n) is 11.6. The number of aryl methyl sites for hydroxylation is 2. The van der Waals surface area contributed by atoms with Crippen molar-refractivity contribution in [2.75, 3.05) is 4.72 Å². The summed E-state index contributed by atoms with van der Waals surface area (Å²) < 4.78 is 28.0. The number of anilines is 1. The Hall–Kier alpha value is -1.44. The summed E-state index contributed by atoms with van der Waals surface area (Å²) in [6, 6.07) is 6.39. The summed E-state index contributed by atoms with van der Waals surface area (Å²) >= 11 is 3.44. The molecular formula is C14H15BrN2O3S. The third kappa shape index (κ3) is 3.61. The predicted octanol–water partition coefficient (Wildman–Crippen LogP) is 2.75. The number of halogens is 1. The van der Waals surface area contributed by atoms with Crippen molar-refractivity contribution in [3.05, 3.63) is 51.6 Å². The van der Waals surface area contributed by atoms with Crippen LogP contribution >= 0.6 is 15.9 Å². The highest BCUT2D eigenvalue weighted by molar-refractivity contribution is 9.10. The van der Waals surface area contributed by atoms with E-state index in [-0.39, 0.29) is 11.6 Å². The van der Waals surface area contributed by atoms with Crippen molar-refractivity contribution in [1.29, 1.82) is 0 Å². The van der Waals surface area contributed by atoms with Gasteiger partial charge in [-0.05, 0) is 48.7 Å². The fourth-order valence-electron chi connectivity index (χ4n) is 1.88. The molecule has 0 saturated heterocycles. The number of hydrogen-bond donors (Lipinski definition) is 2. The molecule has 0 saturated carbocycles. The standard InChI is InChI=1S/C14H15BrN2O3S/c1-9-5-12(6-10(2)14(9)15)17-21(19,20)13-4-3-11(8-18)7-16-13/h3-7,17-18H,8H2,1-2H3. The van der Waals surface area contributed by atoms with E-state index in [0.717, 1.165) is 15.6 Å². The Kier molecular flexibility index (Phi) is 4.65. The van der Waals surface area contributed by atoms with Gasteiger partial charge in [-0.25, -0.2) is 4.98 Å². The first-order valence-electron chi connectivity index (χ1n) is 6.19. The Morgan fingerprint density at radius 2 is 1.86 bits per heavy atom. The van der Waals surface area contributed by atoms with Gasteiger partial charge in [0.15, 0.2) is 5.03 Å². The molecule has 0 spiro atoms. The highest BCUT2D eigenvalue weighted by Crippen LogP contribution is 2.26. The third-order valence-electron chi connectivity index (χ3n) is 2.94.